The highest BCUT2D eigenvalue weighted by molar-refractivity contribution is 7.09. The highest BCUT2D eigenvalue weighted by Gasteiger charge is 2.05. The largest absolute Gasteiger partial charge is 0.366 e. The molecular formula is C14H15ClN2OS. The van der Waals surface area contributed by atoms with Gasteiger partial charge in [0.15, 0.2) is 0 Å². The predicted molar refractivity (Wildman–Crippen MR) is 79.7 cm³/mol. The molecule has 0 aliphatic carbocycles. The fourth-order valence-electron chi connectivity index (χ4n) is 1.73. The molecule has 2 rings (SSSR count). The van der Waals surface area contributed by atoms with Crippen molar-refractivity contribution in [3.8, 4) is 0 Å². The summed E-state index contributed by atoms with van der Waals surface area (Å²) >= 11 is 7.87. The van der Waals surface area contributed by atoms with Crippen LogP contribution in [0.3, 0.4) is 0 Å². The van der Waals surface area contributed by atoms with Crippen LogP contribution < -0.4 is 11.1 Å². The minimum Gasteiger partial charge on any atom is -0.366 e. The first-order valence-electron chi connectivity index (χ1n) is 5.98. The summed E-state index contributed by atoms with van der Waals surface area (Å²) in [6.07, 6.45) is 1.01. The van der Waals surface area contributed by atoms with Crippen molar-refractivity contribution < 1.29 is 4.79 Å². The minimum absolute atomic E-state index is 0.437. The van der Waals surface area contributed by atoms with Gasteiger partial charge in [0.25, 0.3) is 0 Å². The molecule has 3 nitrogen and oxygen atoms in total. The molecule has 19 heavy (non-hydrogen) atoms. The van der Waals surface area contributed by atoms with Crippen LogP contribution in [0.25, 0.3) is 0 Å². The number of primary amides is 1. The van der Waals surface area contributed by atoms with E-state index < -0.39 is 5.91 Å². The number of rotatable bonds is 6. The van der Waals surface area contributed by atoms with E-state index in [2.05, 4.69) is 22.8 Å². The zero-order valence-corrected chi connectivity index (χ0v) is 11.9. The molecule has 0 bridgehead atoms. The molecule has 1 amide bonds. The summed E-state index contributed by atoms with van der Waals surface area (Å²) in [7, 11) is 0. The summed E-state index contributed by atoms with van der Waals surface area (Å²) in [5.74, 6) is -0.459. The van der Waals surface area contributed by atoms with Crippen molar-refractivity contribution in [2.75, 3.05) is 6.54 Å². The summed E-state index contributed by atoms with van der Waals surface area (Å²) in [6, 6.07) is 9.33. The van der Waals surface area contributed by atoms with Crippen LogP contribution in [0.15, 0.2) is 35.7 Å². The maximum absolute atomic E-state index is 11.0. The Morgan fingerprint density at radius 3 is 2.84 bits per heavy atom. The highest BCUT2D eigenvalue weighted by atomic mass is 35.5. The summed E-state index contributed by atoms with van der Waals surface area (Å²) in [5, 5.41) is 5.98. The van der Waals surface area contributed by atoms with E-state index in [9.17, 15) is 4.79 Å². The van der Waals surface area contributed by atoms with E-state index in [0.29, 0.717) is 17.1 Å². The van der Waals surface area contributed by atoms with Crippen molar-refractivity contribution in [3.05, 3.63) is 56.7 Å². The normalized spacial score (nSPS) is 10.6. The molecule has 5 heteroatoms. The number of amides is 1. The third-order valence-corrected chi connectivity index (χ3v) is 4.07. The second-order valence-corrected chi connectivity index (χ2v) is 5.62. The van der Waals surface area contributed by atoms with Gasteiger partial charge in [-0.1, -0.05) is 23.7 Å². The minimum atomic E-state index is -0.459. The first-order chi connectivity index (χ1) is 9.16. The molecule has 2 aromatic rings. The molecule has 100 valence electrons. The lowest BCUT2D eigenvalue weighted by atomic mass is 10.1. The molecule has 0 saturated heterocycles. The lowest BCUT2D eigenvalue weighted by Gasteiger charge is -2.07. The Balaban J connectivity index is 1.84. The molecule has 0 unspecified atom stereocenters. The number of halogens is 1. The van der Waals surface area contributed by atoms with Crippen molar-refractivity contribution in [3.63, 3.8) is 0 Å². The van der Waals surface area contributed by atoms with Crippen LogP contribution in [-0.2, 0) is 13.0 Å². The molecule has 0 atom stereocenters. The zero-order chi connectivity index (χ0) is 13.7. The lowest BCUT2D eigenvalue weighted by molar-refractivity contribution is 0.100. The first-order valence-corrected chi connectivity index (χ1v) is 7.24. The van der Waals surface area contributed by atoms with Gasteiger partial charge in [-0.15, -0.1) is 11.3 Å². The van der Waals surface area contributed by atoms with Crippen LogP contribution in [0.1, 0.15) is 20.8 Å². The van der Waals surface area contributed by atoms with Gasteiger partial charge in [-0.05, 0) is 35.6 Å². The van der Waals surface area contributed by atoms with Gasteiger partial charge in [0.05, 0.1) is 0 Å². The molecule has 1 aromatic carbocycles. The van der Waals surface area contributed by atoms with Crippen LogP contribution in [0, 0.1) is 0 Å². The number of nitrogens with one attached hydrogen (secondary N) is 1. The Kier molecular flexibility index (Phi) is 4.96. The molecule has 0 spiro atoms. The van der Waals surface area contributed by atoms with Crippen LogP contribution >= 0.6 is 22.9 Å². The van der Waals surface area contributed by atoms with Gasteiger partial charge in [-0.25, -0.2) is 0 Å². The topological polar surface area (TPSA) is 55.1 Å². The second-order valence-electron chi connectivity index (χ2n) is 4.18. The number of hydrogen-bond acceptors (Lipinski definition) is 3. The second kappa shape index (κ2) is 6.70. The predicted octanol–water partition coefficient (Wildman–Crippen LogP) is 2.83. The Labute approximate surface area is 121 Å². The Morgan fingerprint density at radius 2 is 2.21 bits per heavy atom. The van der Waals surface area contributed by atoms with Gasteiger partial charge < -0.3 is 11.1 Å². The standard InChI is InChI=1S/C14H15ClN2OS/c15-13-8-10(14(16)18)3-4-11(13)9-17-6-5-12-2-1-7-19-12/h1-4,7-8,17H,5-6,9H2,(H2,16,18). The van der Waals surface area contributed by atoms with Crippen molar-refractivity contribution >= 4 is 28.8 Å². The number of carbonyl (C=O) groups excluding carboxylic acids is 1. The van der Waals surface area contributed by atoms with Crippen molar-refractivity contribution in [2.24, 2.45) is 5.73 Å². The average molecular weight is 295 g/mol. The van der Waals surface area contributed by atoms with E-state index in [4.69, 9.17) is 17.3 Å². The maximum Gasteiger partial charge on any atom is 0.248 e. The maximum atomic E-state index is 11.0. The smallest absolute Gasteiger partial charge is 0.248 e. The fourth-order valence-corrected chi connectivity index (χ4v) is 2.69. The van der Waals surface area contributed by atoms with E-state index in [1.54, 1.807) is 23.5 Å². The van der Waals surface area contributed by atoms with Crippen LogP contribution in [0.4, 0.5) is 0 Å². The summed E-state index contributed by atoms with van der Waals surface area (Å²) in [4.78, 5) is 12.4. The van der Waals surface area contributed by atoms with Crippen molar-refractivity contribution in [2.45, 2.75) is 13.0 Å². The zero-order valence-electron chi connectivity index (χ0n) is 10.4. The number of carbonyl (C=O) groups is 1. The Morgan fingerprint density at radius 1 is 1.37 bits per heavy atom. The molecule has 0 aliphatic rings. The number of hydrogen-bond donors (Lipinski definition) is 2. The third kappa shape index (κ3) is 4.06. The average Bonchev–Trinajstić information content (AvgIpc) is 2.89. The van der Waals surface area contributed by atoms with Gasteiger partial charge in [0.1, 0.15) is 0 Å². The molecule has 0 radical (unpaired) electrons. The molecule has 1 aromatic heterocycles. The van der Waals surface area contributed by atoms with E-state index in [0.717, 1.165) is 18.5 Å². The molecular weight excluding hydrogens is 280 g/mol. The number of nitrogens with two attached hydrogens (primary N) is 1. The lowest BCUT2D eigenvalue weighted by Crippen LogP contribution is -2.17. The van der Waals surface area contributed by atoms with Crippen molar-refractivity contribution in [1.29, 1.82) is 0 Å². The highest BCUT2D eigenvalue weighted by Crippen LogP contribution is 2.17. The third-order valence-electron chi connectivity index (χ3n) is 2.78. The Hall–Kier alpha value is -1.36. The SMILES string of the molecule is NC(=O)c1ccc(CNCCc2cccs2)c(Cl)c1. The number of benzene rings is 1. The first kappa shape index (κ1) is 14.1. The molecule has 0 fully saturated rings. The van der Waals surface area contributed by atoms with Crippen LogP contribution in [0.2, 0.25) is 5.02 Å². The molecule has 0 saturated carbocycles. The van der Waals surface area contributed by atoms with Gasteiger partial charge >= 0.3 is 0 Å². The van der Waals surface area contributed by atoms with Gasteiger partial charge in [-0.3, -0.25) is 4.79 Å². The van der Waals surface area contributed by atoms with Gasteiger partial charge in [-0.2, -0.15) is 0 Å². The van der Waals surface area contributed by atoms with Gasteiger partial charge in [0.2, 0.25) is 5.91 Å². The van der Waals surface area contributed by atoms with E-state index in [1.807, 2.05) is 6.07 Å². The fraction of sp³-hybridized carbons (Fsp3) is 0.214. The van der Waals surface area contributed by atoms with Crippen molar-refractivity contribution in [1.82, 2.24) is 5.32 Å². The summed E-state index contributed by atoms with van der Waals surface area (Å²) < 4.78 is 0. The van der Waals surface area contributed by atoms with E-state index in [1.165, 1.54) is 4.88 Å². The summed E-state index contributed by atoms with van der Waals surface area (Å²) in [6.45, 7) is 1.58. The van der Waals surface area contributed by atoms with Gasteiger partial charge in [0, 0.05) is 28.6 Å². The van der Waals surface area contributed by atoms with Crippen LogP contribution in [-0.4, -0.2) is 12.5 Å². The number of thiophene rings is 1. The Bertz CT molecular complexity index is 555. The van der Waals surface area contributed by atoms with Crippen LogP contribution in [0.5, 0.6) is 0 Å². The molecule has 1 heterocycles. The monoisotopic (exact) mass is 294 g/mol. The molecule has 3 N–H and O–H groups in total. The quantitative estimate of drug-likeness (QED) is 0.805. The van der Waals surface area contributed by atoms with E-state index in [-0.39, 0.29) is 0 Å². The summed E-state index contributed by atoms with van der Waals surface area (Å²) in [5.41, 5.74) is 6.60. The van der Waals surface area contributed by atoms with E-state index >= 15 is 0 Å². The molecule has 0 aliphatic heterocycles.